The van der Waals surface area contributed by atoms with E-state index in [1.165, 1.54) is 10.9 Å². The predicted octanol–water partition coefficient (Wildman–Crippen LogP) is 0.462. The number of nitrogens with one attached hydrogen (secondary N) is 1. The van der Waals surface area contributed by atoms with Gasteiger partial charge in [0.05, 0.1) is 0 Å². The van der Waals surface area contributed by atoms with Crippen molar-refractivity contribution in [1.82, 2.24) is 14.8 Å². The zero-order valence-corrected chi connectivity index (χ0v) is 8.64. The Labute approximate surface area is 86.9 Å². The number of hydrogen-bond acceptors (Lipinski definition) is 3. The first-order valence-corrected chi connectivity index (χ1v) is 4.91. The quantitative estimate of drug-likeness (QED) is 0.718. The fourth-order valence-electron chi connectivity index (χ4n) is 1.30. The van der Waals surface area contributed by atoms with E-state index in [2.05, 4.69) is 10.2 Å². The van der Waals surface area contributed by atoms with E-state index in [1.807, 2.05) is 6.92 Å². The number of hydrogen-bond donors (Lipinski definition) is 2. The molecule has 0 aliphatic heterocycles. The monoisotopic (exact) mass is 213 g/mol. The molecule has 0 amide bonds. The van der Waals surface area contributed by atoms with E-state index in [4.69, 9.17) is 5.11 Å². The summed E-state index contributed by atoms with van der Waals surface area (Å²) in [6, 6.07) is 0. The molecular formula is C9H15N3O3. The summed E-state index contributed by atoms with van der Waals surface area (Å²) in [6.07, 6.45) is 3.06. The molecule has 0 radical (unpaired) electrons. The number of carboxylic acid groups (broad SMARTS) is 1. The van der Waals surface area contributed by atoms with Crippen LogP contribution < -0.4 is 5.69 Å². The highest BCUT2D eigenvalue weighted by Crippen LogP contribution is 2.10. The van der Waals surface area contributed by atoms with Gasteiger partial charge in [0.25, 0.3) is 0 Å². The molecule has 2 N–H and O–H groups in total. The molecule has 0 bridgehead atoms. The number of rotatable bonds is 6. The number of carbonyl (C=O) groups is 1. The molecule has 1 heterocycles. The van der Waals surface area contributed by atoms with Gasteiger partial charge in [-0.15, -0.1) is 0 Å². The summed E-state index contributed by atoms with van der Waals surface area (Å²) < 4.78 is 1.48. The van der Waals surface area contributed by atoms with Gasteiger partial charge in [0.2, 0.25) is 0 Å². The van der Waals surface area contributed by atoms with E-state index < -0.39 is 5.97 Å². The van der Waals surface area contributed by atoms with Crippen LogP contribution in [0.25, 0.3) is 0 Å². The second-order valence-electron chi connectivity index (χ2n) is 3.68. The molecule has 1 unspecified atom stereocenters. The number of carboxylic acids is 1. The zero-order valence-electron chi connectivity index (χ0n) is 8.64. The minimum atomic E-state index is -0.776. The smallest absolute Gasteiger partial charge is 0.343 e. The molecular weight excluding hydrogens is 198 g/mol. The van der Waals surface area contributed by atoms with Crippen LogP contribution >= 0.6 is 0 Å². The molecule has 0 spiro atoms. The summed E-state index contributed by atoms with van der Waals surface area (Å²) in [5, 5.41) is 14.4. The highest BCUT2D eigenvalue weighted by molar-refractivity contribution is 5.66. The Morgan fingerprint density at radius 1 is 1.67 bits per heavy atom. The van der Waals surface area contributed by atoms with Crippen LogP contribution in [0.2, 0.25) is 0 Å². The van der Waals surface area contributed by atoms with Crippen LogP contribution in [0.5, 0.6) is 0 Å². The molecule has 0 aliphatic carbocycles. The SMILES string of the molecule is CC(CCC(=O)O)CCn1cn[nH]c1=O. The predicted molar refractivity (Wildman–Crippen MR) is 53.5 cm³/mol. The van der Waals surface area contributed by atoms with Gasteiger partial charge in [0, 0.05) is 13.0 Å². The molecule has 1 aromatic heterocycles. The van der Waals surface area contributed by atoms with Crippen LogP contribution in [-0.4, -0.2) is 25.8 Å². The van der Waals surface area contributed by atoms with Crippen LogP contribution in [0.15, 0.2) is 11.1 Å². The number of aliphatic carboxylic acids is 1. The fourth-order valence-corrected chi connectivity index (χ4v) is 1.30. The highest BCUT2D eigenvalue weighted by Gasteiger charge is 2.06. The molecule has 84 valence electrons. The molecule has 1 rings (SSSR count). The number of aromatic amines is 1. The maximum atomic E-state index is 11.0. The fraction of sp³-hybridized carbons (Fsp3) is 0.667. The number of aromatic nitrogens is 3. The first-order chi connectivity index (χ1) is 7.09. The average Bonchev–Trinajstić information content (AvgIpc) is 2.58. The van der Waals surface area contributed by atoms with Crippen molar-refractivity contribution in [1.29, 1.82) is 0 Å². The van der Waals surface area contributed by atoms with E-state index in [1.54, 1.807) is 0 Å². The Morgan fingerprint density at radius 2 is 2.40 bits per heavy atom. The van der Waals surface area contributed by atoms with Gasteiger partial charge in [-0.05, 0) is 18.8 Å². The van der Waals surface area contributed by atoms with Gasteiger partial charge in [0.1, 0.15) is 6.33 Å². The van der Waals surface area contributed by atoms with Crippen molar-refractivity contribution in [3.63, 3.8) is 0 Å². The summed E-state index contributed by atoms with van der Waals surface area (Å²) in [5.74, 6) is -0.481. The lowest BCUT2D eigenvalue weighted by Crippen LogP contribution is -2.17. The number of aryl methyl sites for hydroxylation is 1. The summed E-state index contributed by atoms with van der Waals surface area (Å²) in [7, 11) is 0. The van der Waals surface area contributed by atoms with Gasteiger partial charge in [-0.1, -0.05) is 6.92 Å². The summed E-state index contributed by atoms with van der Waals surface area (Å²) in [4.78, 5) is 21.4. The van der Waals surface area contributed by atoms with Crippen LogP contribution in [0.3, 0.4) is 0 Å². The van der Waals surface area contributed by atoms with E-state index in [9.17, 15) is 9.59 Å². The standard InChI is InChI=1S/C9H15N3O3/c1-7(2-3-8(13)14)4-5-12-6-10-11-9(12)15/h6-7H,2-5H2,1H3,(H,11,15)(H,13,14). The largest absolute Gasteiger partial charge is 0.481 e. The second kappa shape index (κ2) is 5.33. The maximum absolute atomic E-state index is 11.0. The summed E-state index contributed by atoms with van der Waals surface area (Å²) in [6.45, 7) is 2.56. The molecule has 0 fully saturated rings. The second-order valence-corrected chi connectivity index (χ2v) is 3.68. The van der Waals surface area contributed by atoms with Crippen molar-refractivity contribution >= 4 is 5.97 Å². The molecule has 0 aromatic carbocycles. The lowest BCUT2D eigenvalue weighted by Gasteiger charge is -2.08. The van der Waals surface area contributed by atoms with Gasteiger partial charge < -0.3 is 5.11 Å². The van der Waals surface area contributed by atoms with Crippen LogP contribution in [-0.2, 0) is 11.3 Å². The van der Waals surface area contributed by atoms with Gasteiger partial charge in [-0.25, -0.2) is 9.89 Å². The first-order valence-electron chi connectivity index (χ1n) is 4.91. The maximum Gasteiger partial charge on any atom is 0.343 e. The summed E-state index contributed by atoms with van der Waals surface area (Å²) in [5.41, 5.74) is -0.222. The molecule has 0 aliphatic rings. The van der Waals surface area contributed by atoms with Crippen LogP contribution in [0.4, 0.5) is 0 Å². The van der Waals surface area contributed by atoms with Gasteiger partial charge in [-0.2, -0.15) is 5.10 Å². The van der Waals surface area contributed by atoms with Gasteiger partial charge in [0.15, 0.2) is 0 Å². The minimum absolute atomic E-state index is 0.182. The van der Waals surface area contributed by atoms with Gasteiger partial charge >= 0.3 is 11.7 Å². The van der Waals surface area contributed by atoms with Crippen molar-refractivity contribution in [2.75, 3.05) is 0 Å². The van der Waals surface area contributed by atoms with Crippen molar-refractivity contribution in [3.8, 4) is 0 Å². The molecule has 15 heavy (non-hydrogen) atoms. The van der Waals surface area contributed by atoms with Crippen LogP contribution in [0.1, 0.15) is 26.2 Å². The van der Waals surface area contributed by atoms with Crippen molar-refractivity contribution in [2.24, 2.45) is 5.92 Å². The Bertz CT molecular complexity index is 369. The normalized spacial score (nSPS) is 12.6. The van der Waals surface area contributed by atoms with E-state index >= 15 is 0 Å². The highest BCUT2D eigenvalue weighted by atomic mass is 16.4. The average molecular weight is 213 g/mol. The lowest BCUT2D eigenvalue weighted by atomic mass is 10.0. The van der Waals surface area contributed by atoms with Crippen molar-refractivity contribution in [2.45, 2.75) is 32.7 Å². The third kappa shape index (κ3) is 3.97. The summed E-state index contributed by atoms with van der Waals surface area (Å²) >= 11 is 0. The number of H-pyrrole nitrogens is 1. The van der Waals surface area contributed by atoms with E-state index in [0.717, 1.165) is 6.42 Å². The lowest BCUT2D eigenvalue weighted by molar-refractivity contribution is -0.137. The number of nitrogens with zero attached hydrogens (tertiary/aromatic N) is 2. The molecule has 1 aromatic rings. The Morgan fingerprint density at radius 3 is 2.93 bits per heavy atom. The Balaban J connectivity index is 2.28. The molecule has 6 nitrogen and oxygen atoms in total. The molecule has 0 saturated heterocycles. The first kappa shape index (κ1) is 11.5. The van der Waals surface area contributed by atoms with Crippen LogP contribution in [0, 0.1) is 5.92 Å². The van der Waals surface area contributed by atoms with E-state index in [0.29, 0.717) is 18.9 Å². The Kier molecular flexibility index (Phi) is 4.08. The molecule has 0 saturated carbocycles. The molecule has 1 atom stereocenters. The third-order valence-corrected chi connectivity index (χ3v) is 2.33. The topological polar surface area (TPSA) is 88.0 Å². The Hall–Kier alpha value is -1.59. The van der Waals surface area contributed by atoms with Crippen molar-refractivity contribution in [3.05, 3.63) is 16.8 Å². The van der Waals surface area contributed by atoms with E-state index in [-0.39, 0.29) is 12.1 Å². The van der Waals surface area contributed by atoms with Gasteiger partial charge in [-0.3, -0.25) is 9.36 Å². The van der Waals surface area contributed by atoms with Crippen molar-refractivity contribution < 1.29 is 9.90 Å². The molecule has 6 heteroatoms. The zero-order chi connectivity index (χ0) is 11.3. The third-order valence-electron chi connectivity index (χ3n) is 2.33. The minimum Gasteiger partial charge on any atom is -0.481 e.